The van der Waals surface area contributed by atoms with Crippen LogP contribution in [0.1, 0.15) is 87.5 Å². The van der Waals surface area contributed by atoms with Crippen molar-refractivity contribution in [1.29, 1.82) is 0 Å². The smallest absolute Gasteiger partial charge is 0.316 e. The molecule has 6 aliphatic heterocycles. The molecule has 0 amide bonds. The maximum Gasteiger partial charge on any atom is 0.316 e. The molecule has 6 heterocycles. The predicted molar refractivity (Wildman–Crippen MR) is 223 cm³/mol. The number of fused-ring (bicyclic) bond motifs is 2. The normalized spacial score (nSPS) is 49.3. The van der Waals surface area contributed by atoms with Crippen LogP contribution < -0.4 is 0 Å². The summed E-state index contributed by atoms with van der Waals surface area (Å²) in [6.45, 7) is 16.0. The molecule has 2 bridgehead atoms. The van der Waals surface area contributed by atoms with Gasteiger partial charge in [0, 0.05) is 51.7 Å². The fourth-order valence-electron chi connectivity index (χ4n) is 10.4. The van der Waals surface area contributed by atoms with Crippen LogP contribution in [0.5, 0.6) is 0 Å². The van der Waals surface area contributed by atoms with Gasteiger partial charge in [-0.2, -0.15) is 0 Å². The van der Waals surface area contributed by atoms with E-state index in [2.05, 4.69) is 39.8 Å². The Labute approximate surface area is 361 Å². The molecular formula is C47H70O14. The summed E-state index contributed by atoms with van der Waals surface area (Å²) in [7, 11) is 3.22. The fraction of sp³-hybridized carbons (Fsp3) is 0.766. The lowest BCUT2D eigenvalue weighted by Gasteiger charge is -2.48. The van der Waals surface area contributed by atoms with Crippen LogP contribution in [-0.2, 0) is 52.2 Å². The van der Waals surface area contributed by atoms with Gasteiger partial charge in [0.05, 0.1) is 49.3 Å². The topological polar surface area (TPSA) is 170 Å². The molecule has 61 heavy (non-hydrogen) atoms. The fourth-order valence-corrected chi connectivity index (χ4v) is 10.4. The van der Waals surface area contributed by atoms with E-state index in [4.69, 9.17) is 47.4 Å². The molecule has 19 atom stereocenters. The molecule has 7 aliphatic rings. The van der Waals surface area contributed by atoms with Gasteiger partial charge in [0.25, 0.3) is 0 Å². The molecule has 14 nitrogen and oxygen atoms in total. The minimum atomic E-state index is -1.83. The van der Waals surface area contributed by atoms with E-state index in [-0.39, 0.29) is 42.7 Å². The second-order valence-corrected chi connectivity index (χ2v) is 18.8. The number of rotatable bonds is 7. The van der Waals surface area contributed by atoms with Crippen molar-refractivity contribution in [3.8, 4) is 0 Å². The van der Waals surface area contributed by atoms with E-state index in [0.29, 0.717) is 43.3 Å². The number of aliphatic hydroxyl groups excluding tert-OH is 2. The van der Waals surface area contributed by atoms with Gasteiger partial charge in [-0.15, -0.1) is 0 Å². The molecule has 4 fully saturated rings. The Kier molecular flexibility index (Phi) is 14.6. The van der Waals surface area contributed by atoms with Gasteiger partial charge in [-0.25, -0.2) is 0 Å². The Morgan fingerprint density at radius 3 is 2.28 bits per heavy atom. The number of esters is 1. The Hall–Kier alpha value is -2.31. The Morgan fingerprint density at radius 2 is 1.56 bits per heavy atom. The summed E-state index contributed by atoms with van der Waals surface area (Å²) < 4.78 is 63.5. The van der Waals surface area contributed by atoms with Gasteiger partial charge in [0.2, 0.25) is 0 Å². The first-order valence-electron chi connectivity index (χ1n) is 22.3. The van der Waals surface area contributed by atoms with Crippen molar-refractivity contribution in [3.05, 3.63) is 59.3 Å². The average molecular weight is 859 g/mol. The van der Waals surface area contributed by atoms with Crippen LogP contribution in [-0.4, -0.2) is 139 Å². The third kappa shape index (κ3) is 9.58. The van der Waals surface area contributed by atoms with Gasteiger partial charge in [0.1, 0.15) is 42.0 Å². The summed E-state index contributed by atoms with van der Waals surface area (Å²) >= 11 is 0. The third-order valence-corrected chi connectivity index (χ3v) is 14.0. The van der Waals surface area contributed by atoms with Crippen LogP contribution in [0.3, 0.4) is 0 Å². The van der Waals surface area contributed by atoms with E-state index in [1.165, 1.54) is 0 Å². The van der Waals surface area contributed by atoms with Gasteiger partial charge in [-0.3, -0.25) is 4.79 Å². The molecule has 3 N–H and O–H groups in total. The quantitative estimate of drug-likeness (QED) is 0.231. The summed E-state index contributed by atoms with van der Waals surface area (Å²) in [5, 5.41) is 34.2. The minimum Gasteiger partial charge on any atom is -0.462 e. The van der Waals surface area contributed by atoms with E-state index in [0.717, 1.165) is 5.57 Å². The van der Waals surface area contributed by atoms with Gasteiger partial charge in [-0.05, 0) is 62.8 Å². The first-order valence-corrected chi connectivity index (χ1v) is 22.3. The monoisotopic (exact) mass is 858 g/mol. The number of aliphatic hydroxyl groups is 3. The highest BCUT2D eigenvalue weighted by atomic mass is 16.7. The number of allylic oxidation sites excluding steroid dienone is 2. The van der Waals surface area contributed by atoms with Crippen molar-refractivity contribution in [2.75, 3.05) is 20.8 Å². The predicted octanol–water partition coefficient (Wildman–Crippen LogP) is 4.99. The molecule has 0 aromatic heterocycles. The third-order valence-electron chi connectivity index (χ3n) is 14.0. The lowest BCUT2D eigenvalue weighted by molar-refractivity contribution is -0.318. The van der Waals surface area contributed by atoms with Gasteiger partial charge < -0.3 is 62.7 Å². The summed E-state index contributed by atoms with van der Waals surface area (Å²) in [6, 6.07) is 0. The standard InChI is InChI=1S/C47H70O14/c1-24(2)41-27(5)16-17-46(61-41)22-33-19-32(60-46)15-14-26(4)42(25(3)12-11-13-31-23-54-44-39(48)28(6)18-34(45(50)57-33)47(31,44)51)58-38-21-36(53-10)43(30(8)56-38)59-37-20-35(52-9)40(49)29(7)55-37/h11-14,16-18,24-25,27,29-30,32-44,48-49,51H,15,19-23H2,1-10H3/b12-11+,26-14+,31-13+/t25-,27-,29-,30-,32?,33?,34?,35-,36-,37-,38-,39+,40-,41+,42-,43-,44?,46+,47+/m0/s1. The molecule has 1 spiro atoms. The number of carbonyl (C=O) groups excluding carboxylic acids is 1. The highest BCUT2D eigenvalue weighted by Crippen LogP contribution is 2.47. The Bertz CT molecular complexity index is 1710. The van der Waals surface area contributed by atoms with Crippen LogP contribution in [0.25, 0.3) is 0 Å². The van der Waals surface area contributed by atoms with E-state index in [1.807, 2.05) is 32.1 Å². The summed E-state index contributed by atoms with van der Waals surface area (Å²) in [6.07, 6.45) is 7.54. The van der Waals surface area contributed by atoms with E-state index >= 15 is 0 Å². The summed E-state index contributed by atoms with van der Waals surface area (Å²) in [5.41, 5.74) is 0.129. The second kappa shape index (κ2) is 19.0. The van der Waals surface area contributed by atoms with Crippen LogP contribution >= 0.6 is 0 Å². The highest BCUT2D eigenvalue weighted by molar-refractivity contribution is 5.78. The lowest BCUT2D eigenvalue weighted by Crippen LogP contribution is -2.58. The maximum absolute atomic E-state index is 14.3. The van der Waals surface area contributed by atoms with Crippen LogP contribution in [0, 0.1) is 23.7 Å². The molecule has 0 aromatic rings. The van der Waals surface area contributed by atoms with E-state index in [9.17, 15) is 20.1 Å². The first-order chi connectivity index (χ1) is 29.0. The first kappa shape index (κ1) is 46.7. The van der Waals surface area contributed by atoms with Crippen molar-refractivity contribution < 1.29 is 67.5 Å². The zero-order valence-corrected chi connectivity index (χ0v) is 37.5. The van der Waals surface area contributed by atoms with Crippen LogP contribution in [0.15, 0.2) is 59.3 Å². The summed E-state index contributed by atoms with van der Waals surface area (Å²) in [5.74, 6) is -2.62. The molecule has 14 heteroatoms. The van der Waals surface area contributed by atoms with E-state index in [1.54, 1.807) is 40.2 Å². The van der Waals surface area contributed by atoms with Crippen LogP contribution in [0.4, 0.5) is 0 Å². The molecule has 4 unspecified atom stereocenters. The minimum absolute atomic E-state index is 0.0313. The molecule has 1 aliphatic carbocycles. The largest absolute Gasteiger partial charge is 0.462 e. The molecule has 0 aromatic carbocycles. The number of hydrogen-bond acceptors (Lipinski definition) is 14. The Morgan fingerprint density at radius 1 is 0.852 bits per heavy atom. The zero-order valence-electron chi connectivity index (χ0n) is 37.5. The molecule has 342 valence electrons. The van der Waals surface area contributed by atoms with Crippen molar-refractivity contribution in [1.82, 2.24) is 0 Å². The highest BCUT2D eigenvalue weighted by Gasteiger charge is 2.60. The second-order valence-electron chi connectivity index (χ2n) is 18.8. The number of hydrogen-bond donors (Lipinski definition) is 3. The van der Waals surface area contributed by atoms with Crippen LogP contribution in [0.2, 0.25) is 0 Å². The average Bonchev–Trinajstić information content (AvgIpc) is 3.56. The number of methoxy groups -OCH3 is 2. The van der Waals surface area contributed by atoms with E-state index < -0.39 is 90.8 Å². The molecule has 0 saturated carbocycles. The molecule has 7 rings (SSSR count). The summed E-state index contributed by atoms with van der Waals surface area (Å²) in [4.78, 5) is 14.3. The maximum atomic E-state index is 14.3. The van der Waals surface area contributed by atoms with Crippen molar-refractivity contribution >= 4 is 5.97 Å². The number of ether oxygens (including phenoxy) is 10. The van der Waals surface area contributed by atoms with Gasteiger partial charge in [0.15, 0.2) is 18.4 Å². The lowest BCUT2D eigenvalue weighted by atomic mass is 9.71. The van der Waals surface area contributed by atoms with Crippen molar-refractivity contribution in [2.24, 2.45) is 23.7 Å². The zero-order chi connectivity index (χ0) is 44.0. The molecule has 4 saturated heterocycles. The molecular weight excluding hydrogens is 789 g/mol. The van der Waals surface area contributed by atoms with Gasteiger partial charge >= 0.3 is 5.97 Å². The molecule has 0 radical (unpaired) electrons. The number of carbonyl (C=O) groups is 1. The SMILES string of the molecule is CO[C@H]1C[C@H](O[C@H]2[C@H](C)O[C@@H](O[C@@H]3/C(C)=C/CC4CC(C[C@]5(C=C[C@H](C)[C@@H](C(C)C)O5)O4)OC(=O)C4C=C(C)[C@@H](O)C5OC/C(=C\C=C\[C@@H]3C)[C@@]45O)C[C@@H]2OC)O[C@@H](C)[C@@H]1O. The van der Waals surface area contributed by atoms with Gasteiger partial charge in [-0.1, -0.05) is 64.2 Å². The van der Waals surface area contributed by atoms with Crippen molar-refractivity contribution in [3.63, 3.8) is 0 Å². The van der Waals surface area contributed by atoms with Crippen molar-refractivity contribution in [2.45, 2.75) is 185 Å². The Balaban J connectivity index is 1.18.